The fourth-order valence-electron chi connectivity index (χ4n) is 4.62. The zero-order valence-electron chi connectivity index (χ0n) is 19.9. The van der Waals surface area contributed by atoms with Crippen LogP contribution in [0.5, 0.6) is 0 Å². The minimum absolute atomic E-state index is 0.0117. The molecule has 198 valence electrons. The zero-order chi connectivity index (χ0) is 27.2. The number of rotatable bonds is 3. The average molecular weight is 540 g/mol. The van der Waals surface area contributed by atoms with E-state index in [2.05, 4.69) is 20.0 Å². The van der Waals surface area contributed by atoms with Crippen molar-refractivity contribution in [2.24, 2.45) is 10.7 Å². The monoisotopic (exact) mass is 539 g/mol. The second-order valence-electron chi connectivity index (χ2n) is 9.24. The van der Waals surface area contributed by atoms with Gasteiger partial charge in [0.25, 0.3) is 5.91 Å². The number of anilines is 1. The van der Waals surface area contributed by atoms with Crippen LogP contribution in [-0.4, -0.2) is 49.9 Å². The smallest absolute Gasteiger partial charge is 0.369 e. The van der Waals surface area contributed by atoms with Gasteiger partial charge >= 0.3 is 6.18 Å². The molecule has 2 aromatic rings. The molecule has 1 aromatic carbocycles. The zero-order valence-corrected chi connectivity index (χ0v) is 20.8. The van der Waals surface area contributed by atoms with Gasteiger partial charge in [0.05, 0.1) is 11.3 Å². The molecule has 2 aliphatic rings. The Morgan fingerprint density at radius 2 is 2.11 bits per heavy atom. The van der Waals surface area contributed by atoms with Gasteiger partial charge in [-0.15, -0.1) is 0 Å². The summed E-state index contributed by atoms with van der Waals surface area (Å²) in [6, 6.07) is 5.07. The number of hydrogen-bond acceptors (Lipinski definition) is 6. The molecule has 9 nitrogen and oxygen atoms in total. The molecule has 1 saturated heterocycles. The van der Waals surface area contributed by atoms with Crippen LogP contribution in [-0.2, 0) is 15.8 Å². The number of carbonyl (C=O) groups is 1. The van der Waals surface area contributed by atoms with Gasteiger partial charge in [-0.25, -0.2) is 19.1 Å². The summed E-state index contributed by atoms with van der Waals surface area (Å²) in [6.45, 7) is 3.05. The molecule has 0 unspecified atom stereocenters. The average Bonchev–Trinajstić information content (AvgIpc) is 2.98. The normalized spacial score (nSPS) is 24.2. The SMILES string of the molecule is Cc1cc(C#N)cnc1C(=O)Nc1ccc(F)c([C@]2(C)C[SH]3(=O)N[C@H](C(F)(F)F)CCCN3C(N)=N2)c1. The number of aryl methyl sites for hydroxylation is 1. The Labute approximate surface area is 211 Å². The maximum Gasteiger partial charge on any atom is 0.404 e. The van der Waals surface area contributed by atoms with E-state index in [1.807, 2.05) is 6.07 Å². The number of pyridine rings is 1. The first-order valence-corrected chi connectivity index (χ1v) is 13.2. The standard InChI is InChI=1S/C23H25F4N7O2S/c1-13-8-14(10-28)11-30-19(13)20(35)31-15-5-6-17(24)16(9-15)22(2)12-37(36)33-18(23(25,26)27)4-3-7-34(37)21(29)32-22/h5-6,8-9,11,18,37H,3-4,7,12H2,1-2H3,(H2,29,32)(H,31,35)(H,33,36)/t18-,22-/m0/s1. The molecule has 3 heterocycles. The Kier molecular flexibility index (Phi) is 6.72. The van der Waals surface area contributed by atoms with Crippen molar-refractivity contribution in [3.8, 4) is 6.07 Å². The Morgan fingerprint density at radius 1 is 1.38 bits per heavy atom. The second-order valence-corrected chi connectivity index (χ2v) is 11.7. The molecule has 2 aliphatic heterocycles. The molecular weight excluding hydrogens is 514 g/mol. The highest BCUT2D eigenvalue weighted by Crippen LogP contribution is 2.39. The summed E-state index contributed by atoms with van der Waals surface area (Å²) in [4.78, 5) is 21.1. The fraction of sp³-hybridized carbons (Fsp3) is 0.391. The number of guanidine groups is 1. The number of aromatic nitrogens is 1. The lowest BCUT2D eigenvalue weighted by atomic mass is 9.93. The number of hydrogen-bond donors (Lipinski definition) is 4. The Hall–Kier alpha value is -3.57. The highest BCUT2D eigenvalue weighted by atomic mass is 32.3. The third-order valence-corrected chi connectivity index (χ3v) is 9.32. The lowest BCUT2D eigenvalue weighted by Gasteiger charge is -2.46. The highest BCUT2D eigenvalue weighted by Gasteiger charge is 2.49. The van der Waals surface area contributed by atoms with E-state index in [0.717, 1.165) is 10.4 Å². The van der Waals surface area contributed by atoms with Gasteiger partial charge in [-0.1, -0.05) is 0 Å². The number of thiol groups is 1. The van der Waals surface area contributed by atoms with Gasteiger partial charge in [0.1, 0.15) is 29.2 Å². The molecule has 1 amide bonds. The Morgan fingerprint density at radius 3 is 2.76 bits per heavy atom. The van der Waals surface area contributed by atoms with Gasteiger partial charge in [0.2, 0.25) is 5.96 Å². The molecule has 0 aliphatic carbocycles. The quantitative estimate of drug-likeness (QED) is 0.351. The van der Waals surface area contributed by atoms with Gasteiger partial charge in [-0.3, -0.25) is 13.3 Å². The van der Waals surface area contributed by atoms with Gasteiger partial charge in [-0.05, 0) is 56.5 Å². The van der Waals surface area contributed by atoms with Crippen molar-refractivity contribution in [3.63, 3.8) is 0 Å². The molecule has 0 spiro atoms. The summed E-state index contributed by atoms with van der Waals surface area (Å²) in [5, 5.41) is 11.6. The first-order chi connectivity index (χ1) is 17.3. The van der Waals surface area contributed by atoms with E-state index in [9.17, 15) is 22.2 Å². The fourth-order valence-corrected chi connectivity index (χ4v) is 7.70. The second kappa shape index (κ2) is 9.38. The van der Waals surface area contributed by atoms with Crippen molar-refractivity contribution in [2.45, 2.75) is 44.4 Å². The van der Waals surface area contributed by atoms with Crippen molar-refractivity contribution >= 4 is 27.9 Å². The van der Waals surface area contributed by atoms with Crippen LogP contribution in [0.1, 0.15) is 46.9 Å². The summed E-state index contributed by atoms with van der Waals surface area (Å²) in [6.07, 6.45) is -3.57. The van der Waals surface area contributed by atoms with Crippen LogP contribution < -0.4 is 15.8 Å². The van der Waals surface area contributed by atoms with E-state index < -0.39 is 45.5 Å². The molecule has 4 N–H and O–H groups in total. The van der Waals surface area contributed by atoms with Crippen molar-refractivity contribution in [1.82, 2.24) is 14.0 Å². The van der Waals surface area contributed by atoms with E-state index in [-0.39, 0.29) is 47.9 Å². The molecule has 37 heavy (non-hydrogen) atoms. The van der Waals surface area contributed by atoms with Gasteiger partial charge < -0.3 is 11.1 Å². The van der Waals surface area contributed by atoms with E-state index in [0.29, 0.717) is 5.56 Å². The summed E-state index contributed by atoms with van der Waals surface area (Å²) >= 11 is 0. The molecule has 0 saturated carbocycles. The van der Waals surface area contributed by atoms with Crippen molar-refractivity contribution < 1.29 is 26.6 Å². The Balaban J connectivity index is 1.67. The Bertz CT molecular complexity index is 1370. The van der Waals surface area contributed by atoms with Crippen LogP contribution in [0.3, 0.4) is 0 Å². The van der Waals surface area contributed by atoms with Crippen LogP contribution in [0.2, 0.25) is 0 Å². The van der Waals surface area contributed by atoms with Crippen LogP contribution in [0.15, 0.2) is 35.5 Å². The molecule has 1 aromatic heterocycles. The summed E-state index contributed by atoms with van der Waals surface area (Å²) < 4.78 is 72.9. The third-order valence-electron chi connectivity index (χ3n) is 6.38. The molecule has 1 fully saturated rings. The number of fused-ring (bicyclic) bond motifs is 1. The summed E-state index contributed by atoms with van der Waals surface area (Å²) in [7, 11) is -3.96. The lowest BCUT2D eigenvalue weighted by Crippen LogP contribution is -2.62. The molecule has 4 rings (SSSR count). The molecule has 0 bridgehead atoms. The molecule has 0 radical (unpaired) electrons. The molecular formula is C23H25F4N7O2S. The minimum atomic E-state index is -4.62. The van der Waals surface area contributed by atoms with Gasteiger partial charge in [0.15, 0.2) is 0 Å². The number of nitriles is 1. The topological polar surface area (TPSA) is 136 Å². The number of nitrogens with two attached hydrogens (primary N) is 1. The molecule has 14 heteroatoms. The number of carbonyl (C=O) groups excluding carboxylic acids is 1. The lowest BCUT2D eigenvalue weighted by molar-refractivity contribution is -0.152. The van der Waals surface area contributed by atoms with Gasteiger partial charge in [-0.2, -0.15) is 18.4 Å². The summed E-state index contributed by atoms with van der Waals surface area (Å²) in [5.74, 6) is -2.07. The highest BCUT2D eigenvalue weighted by molar-refractivity contribution is 7.99. The van der Waals surface area contributed by atoms with E-state index >= 15 is 4.39 Å². The van der Waals surface area contributed by atoms with Gasteiger partial charge in [0, 0.05) is 34.3 Å². The molecule has 2 atom stereocenters. The van der Waals surface area contributed by atoms with Crippen LogP contribution in [0.4, 0.5) is 23.2 Å². The van der Waals surface area contributed by atoms with E-state index in [1.54, 1.807) is 6.92 Å². The first kappa shape index (κ1) is 26.5. The van der Waals surface area contributed by atoms with E-state index in [4.69, 9.17) is 11.0 Å². The maximum absolute atomic E-state index is 15.1. The van der Waals surface area contributed by atoms with Crippen LogP contribution in [0.25, 0.3) is 0 Å². The van der Waals surface area contributed by atoms with Crippen molar-refractivity contribution in [2.75, 3.05) is 17.6 Å². The van der Waals surface area contributed by atoms with Crippen molar-refractivity contribution in [3.05, 3.63) is 58.7 Å². The predicted octanol–water partition coefficient (Wildman–Crippen LogP) is 2.66. The number of nitrogens with one attached hydrogen (secondary N) is 2. The summed E-state index contributed by atoms with van der Waals surface area (Å²) in [5.41, 5.74) is 5.32. The maximum atomic E-state index is 15.1. The number of halogens is 4. The minimum Gasteiger partial charge on any atom is -0.369 e. The number of nitrogens with zero attached hydrogens (tertiary/aromatic N) is 4. The number of alkyl halides is 3. The number of aliphatic imine (C=N–C) groups is 1. The van der Waals surface area contributed by atoms with Crippen molar-refractivity contribution in [1.29, 1.82) is 5.26 Å². The third kappa shape index (κ3) is 5.14. The largest absolute Gasteiger partial charge is 0.404 e. The number of amides is 1. The van der Waals surface area contributed by atoms with E-state index in [1.165, 1.54) is 31.3 Å². The van der Waals surface area contributed by atoms with Crippen LogP contribution >= 0.6 is 0 Å². The first-order valence-electron chi connectivity index (χ1n) is 11.3. The predicted molar refractivity (Wildman–Crippen MR) is 130 cm³/mol. The van der Waals surface area contributed by atoms with Crippen LogP contribution in [0, 0.1) is 24.1 Å². The number of benzene rings is 1.